The quantitative estimate of drug-likeness (QED) is 0.799. The van der Waals surface area contributed by atoms with Gasteiger partial charge in [0.2, 0.25) is 0 Å². The van der Waals surface area contributed by atoms with Crippen molar-refractivity contribution in [3.05, 3.63) is 30.1 Å². The van der Waals surface area contributed by atoms with Crippen LogP contribution in [0.15, 0.2) is 24.5 Å². The van der Waals surface area contributed by atoms with Crippen molar-refractivity contribution in [3.8, 4) is 0 Å². The highest BCUT2D eigenvalue weighted by Crippen LogP contribution is 2.09. The van der Waals surface area contributed by atoms with E-state index in [-0.39, 0.29) is 6.10 Å². The summed E-state index contributed by atoms with van der Waals surface area (Å²) in [5, 5.41) is 9.30. The van der Waals surface area contributed by atoms with Gasteiger partial charge in [-0.1, -0.05) is 6.07 Å². The third-order valence-corrected chi connectivity index (χ3v) is 2.59. The Morgan fingerprint density at radius 3 is 2.73 bits per heavy atom. The molecule has 0 aromatic carbocycles. The van der Waals surface area contributed by atoms with E-state index in [1.165, 1.54) is 5.56 Å². The first-order chi connectivity index (χ1) is 7.09. The first kappa shape index (κ1) is 12.1. The lowest BCUT2D eigenvalue weighted by molar-refractivity contribution is 0.131. The molecule has 1 heterocycles. The standard InChI is InChI=1S/C12H20N2O/c1-10(7-11(2)15)14(3)9-12-5-4-6-13-8-12/h4-6,8,10-11,15H,7,9H2,1-3H3. The van der Waals surface area contributed by atoms with Crippen molar-refractivity contribution in [1.29, 1.82) is 0 Å². The molecule has 2 unspecified atom stereocenters. The van der Waals surface area contributed by atoms with Crippen molar-refractivity contribution < 1.29 is 5.11 Å². The van der Waals surface area contributed by atoms with E-state index in [0.29, 0.717) is 6.04 Å². The molecule has 15 heavy (non-hydrogen) atoms. The van der Waals surface area contributed by atoms with Gasteiger partial charge in [0.15, 0.2) is 0 Å². The van der Waals surface area contributed by atoms with E-state index in [9.17, 15) is 5.11 Å². The van der Waals surface area contributed by atoms with Gasteiger partial charge in [0, 0.05) is 25.0 Å². The second-order valence-electron chi connectivity index (χ2n) is 4.21. The van der Waals surface area contributed by atoms with Gasteiger partial charge < -0.3 is 5.11 Å². The smallest absolute Gasteiger partial charge is 0.0526 e. The molecule has 84 valence electrons. The predicted octanol–water partition coefficient (Wildman–Crippen LogP) is 1.67. The fourth-order valence-electron chi connectivity index (χ4n) is 1.61. The number of aliphatic hydroxyl groups excluding tert-OH is 1. The molecule has 0 aliphatic carbocycles. The third-order valence-electron chi connectivity index (χ3n) is 2.59. The van der Waals surface area contributed by atoms with Crippen LogP contribution in [0, 0.1) is 0 Å². The van der Waals surface area contributed by atoms with E-state index in [2.05, 4.69) is 29.9 Å². The van der Waals surface area contributed by atoms with Crippen LogP contribution in [0.25, 0.3) is 0 Å². The number of hydrogen-bond acceptors (Lipinski definition) is 3. The molecule has 2 atom stereocenters. The van der Waals surface area contributed by atoms with E-state index in [4.69, 9.17) is 0 Å². The molecule has 0 spiro atoms. The second kappa shape index (κ2) is 5.83. The number of aliphatic hydroxyl groups is 1. The van der Waals surface area contributed by atoms with Gasteiger partial charge >= 0.3 is 0 Å². The Balaban J connectivity index is 2.45. The van der Waals surface area contributed by atoms with E-state index in [0.717, 1.165) is 13.0 Å². The predicted molar refractivity (Wildman–Crippen MR) is 61.5 cm³/mol. The summed E-state index contributed by atoms with van der Waals surface area (Å²) in [6.45, 7) is 4.83. The Bertz CT molecular complexity index is 274. The summed E-state index contributed by atoms with van der Waals surface area (Å²) in [6, 6.07) is 4.39. The molecule has 0 fully saturated rings. The maximum Gasteiger partial charge on any atom is 0.0526 e. The molecule has 1 N–H and O–H groups in total. The van der Waals surface area contributed by atoms with Gasteiger partial charge in [-0.05, 0) is 38.9 Å². The summed E-state index contributed by atoms with van der Waals surface area (Å²) < 4.78 is 0. The van der Waals surface area contributed by atoms with E-state index < -0.39 is 0 Å². The first-order valence-electron chi connectivity index (χ1n) is 5.37. The van der Waals surface area contributed by atoms with Crippen molar-refractivity contribution in [2.45, 2.75) is 39.0 Å². The monoisotopic (exact) mass is 208 g/mol. The van der Waals surface area contributed by atoms with Crippen LogP contribution in [0.2, 0.25) is 0 Å². The van der Waals surface area contributed by atoms with Crippen LogP contribution in [-0.4, -0.2) is 34.2 Å². The largest absolute Gasteiger partial charge is 0.393 e. The zero-order valence-corrected chi connectivity index (χ0v) is 9.72. The molecule has 3 heteroatoms. The summed E-state index contributed by atoms with van der Waals surface area (Å²) >= 11 is 0. The molecule has 0 bridgehead atoms. The van der Waals surface area contributed by atoms with Crippen molar-refractivity contribution in [3.63, 3.8) is 0 Å². The second-order valence-corrected chi connectivity index (χ2v) is 4.21. The van der Waals surface area contributed by atoms with Gasteiger partial charge in [0.25, 0.3) is 0 Å². The molecule has 0 amide bonds. The minimum atomic E-state index is -0.239. The Morgan fingerprint density at radius 1 is 1.47 bits per heavy atom. The van der Waals surface area contributed by atoms with Crippen molar-refractivity contribution >= 4 is 0 Å². The van der Waals surface area contributed by atoms with Gasteiger partial charge in [-0.2, -0.15) is 0 Å². The van der Waals surface area contributed by atoms with E-state index in [1.807, 2.05) is 19.2 Å². The van der Waals surface area contributed by atoms with Gasteiger partial charge in [0.1, 0.15) is 0 Å². The fourth-order valence-corrected chi connectivity index (χ4v) is 1.61. The molecule has 0 radical (unpaired) electrons. The Morgan fingerprint density at radius 2 is 2.20 bits per heavy atom. The summed E-state index contributed by atoms with van der Waals surface area (Å²) in [6.07, 6.45) is 4.22. The topological polar surface area (TPSA) is 36.4 Å². The fraction of sp³-hybridized carbons (Fsp3) is 0.583. The molecule has 0 saturated carbocycles. The van der Waals surface area contributed by atoms with Crippen molar-refractivity contribution in [2.75, 3.05) is 7.05 Å². The first-order valence-corrected chi connectivity index (χ1v) is 5.37. The van der Waals surface area contributed by atoms with E-state index >= 15 is 0 Å². The molecule has 1 rings (SSSR count). The molecule has 1 aromatic rings. The lowest BCUT2D eigenvalue weighted by Crippen LogP contribution is -2.31. The zero-order valence-electron chi connectivity index (χ0n) is 9.72. The minimum Gasteiger partial charge on any atom is -0.393 e. The Hall–Kier alpha value is -0.930. The van der Waals surface area contributed by atoms with Crippen molar-refractivity contribution in [1.82, 2.24) is 9.88 Å². The SMILES string of the molecule is CC(O)CC(C)N(C)Cc1cccnc1. The lowest BCUT2D eigenvalue weighted by atomic mass is 10.1. The normalized spacial score (nSPS) is 15.3. The van der Waals surface area contributed by atoms with Gasteiger partial charge in [-0.15, -0.1) is 0 Å². The highest BCUT2D eigenvalue weighted by Gasteiger charge is 2.11. The van der Waals surface area contributed by atoms with Crippen LogP contribution in [0.1, 0.15) is 25.8 Å². The minimum absolute atomic E-state index is 0.239. The molecule has 0 aliphatic rings. The molecule has 0 saturated heterocycles. The average molecular weight is 208 g/mol. The highest BCUT2D eigenvalue weighted by atomic mass is 16.3. The Labute approximate surface area is 91.8 Å². The summed E-state index contributed by atoms with van der Waals surface area (Å²) in [5.74, 6) is 0. The number of pyridine rings is 1. The molecular weight excluding hydrogens is 188 g/mol. The highest BCUT2D eigenvalue weighted by molar-refractivity contribution is 5.08. The summed E-state index contributed by atoms with van der Waals surface area (Å²) in [4.78, 5) is 6.31. The summed E-state index contributed by atoms with van der Waals surface area (Å²) in [5.41, 5.74) is 1.21. The van der Waals surface area contributed by atoms with Gasteiger partial charge in [-0.25, -0.2) is 0 Å². The molecular formula is C12H20N2O. The molecule has 0 aliphatic heterocycles. The van der Waals surface area contributed by atoms with Crippen LogP contribution in [0.4, 0.5) is 0 Å². The van der Waals surface area contributed by atoms with Crippen molar-refractivity contribution in [2.24, 2.45) is 0 Å². The lowest BCUT2D eigenvalue weighted by Gasteiger charge is -2.25. The van der Waals surface area contributed by atoms with Crippen LogP contribution in [-0.2, 0) is 6.54 Å². The number of nitrogens with zero attached hydrogens (tertiary/aromatic N) is 2. The molecule has 1 aromatic heterocycles. The third kappa shape index (κ3) is 4.40. The van der Waals surface area contributed by atoms with Crippen LogP contribution in [0.5, 0.6) is 0 Å². The van der Waals surface area contributed by atoms with Crippen LogP contribution in [0.3, 0.4) is 0 Å². The van der Waals surface area contributed by atoms with E-state index in [1.54, 1.807) is 6.20 Å². The number of hydrogen-bond donors (Lipinski definition) is 1. The van der Waals surface area contributed by atoms with Crippen LogP contribution >= 0.6 is 0 Å². The molecule has 3 nitrogen and oxygen atoms in total. The number of rotatable bonds is 5. The van der Waals surface area contributed by atoms with Crippen LogP contribution < -0.4 is 0 Å². The summed E-state index contributed by atoms with van der Waals surface area (Å²) in [7, 11) is 2.07. The maximum absolute atomic E-state index is 9.30. The number of aromatic nitrogens is 1. The maximum atomic E-state index is 9.30. The van der Waals surface area contributed by atoms with Gasteiger partial charge in [-0.3, -0.25) is 9.88 Å². The zero-order chi connectivity index (χ0) is 11.3. The Kier molecular flexibility index (Phi) is 4.72. The average Bonchev–Trinajstić information content (AvgIpc) is 2.18. The van der Waals surface area contributed by atoms with Gasteiger partial charge in [0.05, 0.1) is 6.10 Å².